The summed E-state index contributed by atoms with van der Waals surface area (Å²) in [5.41, 5.74) is -0.787. The molecular formula is C11H20N4O2. The van der Waals surface area contributed by atoms with E-state index in [1.807, 2.05) is 6.92 Å². The smallest absolute Gasteiger partial charge is 0.132 e. The number of rotatable bonds is 6. The minimum Gasteiger partial charge on any atom is -0.394 e. The maximum Gasteiger partial charge on any atom is 0.132 e. The first-order chi connectivity index (χ1) is 8.03. The molecule has 6 nitrogen and oxygen atoms in total. The standard InChI is InChI=1S/C11H20N4O2/c1-4-12-9-5-10(14-8(2)13-9)15-11(3,6-16)7-17/h5,16-17H,4,6-7H2,1-3H3,(H2,12,13,14,15). The number of aromatic nitrogens is 2. The highest BCUT2D eigenvalue weighted by Crippen LogP contribution is 2.16. The Balaban J connectivity index is 2.90. The molecule has 17 heavy (non-hydrogen) atoms. The molecule has 0 bridgehead atoms. The van der Waals surface area contributed by atoms with Crippen molar-refractivity contribution < 1.29 is 10.2 Å². The molecule has 6 heteroatoms. The molecule has 4 N–H and O–H groups in total. The van der Waals surface area contributed by atoms with Gasteiger partial charge in [0.25, 0.3) is 0 Å². The molecule has 0 unspecified atom stereocenters. The first-order valence-corrected chi connectivity index (χ1v) is 5.62. The van der Waals surface area contributed by atoms with Gasteiger partial charge in [0, 0.05) is 12.6 Å². The molecule has 0 aliphatic rings. The second-order valence-corrected chi connectivity index (χ2v) is 4.22. The monoisotopic (exact) mass is 240 g/mol. The highest BCUT2D eigenvalue weighted by atomic mass is 16.3. The van der Waals surface area contributed by atoms with E-state index in [-0.39, 0.29) is 13.2 Å². The number of hydrogen-bond donors (Lipinski definition) is 4. The van der Waals surface area contributed by atoms with Gasteiger partial charge in [0.05, 0.1) is 18.8 Å². The summed E-state index contributed by atoms with van der Waals surface area (Å²) in [7, 11) is 0. The van der Waals surface area contributed by atoms with E-state index in [2.05, 4.69) is 20.6 Å². The maximum absolute atomic E-state index is 9.21. The molecule has 1 aromatic heterocycles. The second kappa shape index (κ2) is 5.79. The van der Waals surface area contributed by atoms with Crippen LogP contribution in [0.1, 0.15) is 19.7 Å². The molecule has 0 saturated carbocycles. The van der Waals surface area contributed by atoms with Gasteiger partial charge in [0.2, 0.25) is 0 Å². The summed E-state index contributed by atoms with van der Waals surface area (Å²) >= 11 is 0. The lowest BCUT2D eigenvalue weighted by Crippen LogP contribution is -2.42. The van der Waals surface area contributed by atoms with E-state index in [9.17, 15) is 10.2 Å². The van der Waals surface area contributed by atoms with Gasteiger partial charge in [-0.25, -0.2) is 9.97 Å². The van der Waals surface area contributed by atoms with E-state index in [1.165, 1.54) is 0 Å². The maximum atomic E-state index is 9.21. The number of aryl methyl sites for hydroxylation is 1. The molecule has 1 aromatic rings. The number of anilines is 2. The van der Waals surface area contributed by atoms with Crippen LogP contribution in [0.4, 0.5) is 11.6 Å². The predicted molar refractivity (Wildman–Crippen MR) is 67.1 cm³/mol. The average Bonchev–Trinajstić information content (AvgIpc) is 2.28. The van der Waals surface area contributed by atoms with Crippen molar-refractivity contribution in [3.05, 3.63) is 11.9 Å². The third-order valence-corrected chi connectivity index (χ3v) is 2.32. The van der Waals surface area contributed by atoms with Crippen molar-refractivity contribution in [1.29, 1.82) is 0 Å². The van der Waals surface area contributed by atoms with Crippen LogP contribution in [0.2, 0.25) is 0 Å². The minimum absolute atomic E-state index is 0.177. The third kappa shape index (κ3) is 3.83. The van der Waals surface area contributed by atoms with Gasteiger partial charge in [-0.3, -0.25) is 0 Å². The van der Waals surface area contributed by atoms with E-state index >= 15 is 0 Å². The van der Waals surface area contributed by atoms with Crippen LogP contribution in [0.5, 0.6) is 0 Å². The largest absolute Gasteiger partial charge is 0.394 e. The van der Waals surface area contributed by atoms with E-state index in [0.717, 1.165) is 12.4 Å². The zero-order valence-electron chi connectivity index (χ0n) is 10.5. The number of hydrogen-bond acceptors (Lipinski definition) is 6. The van der Waals surface area contributed by atoms with Gasteiger partial charge in [0.1, 0.15) is 17.5 Å². The van der Waals surface area contributed by atoms with E-state index in [0.29, 0.717) is 11.6 Å². The molecule has 0 spiro atoms. The van der Waals surface area contributed by atoms with Gasteiger partial charge in [-0.1, -0.05) is 0 Å². The molecule has 0 aliphatic heterocycles. The van der Waals surface area contributed by atoms with Crippen molar-refractivity contribution in [2.45, 2.75) is 26.3 Å². The van der Waals surface area contributed by atoms with Crippen LogP contribution in [0.15, 0.2) is 6.07 Å². The summed E-state index contributed by atoms with van der Waals surface area (Å²) in [6.45, 7) is 5.91. The van der Waals surface area contributed by atoms with Crippen molar-refractivity contribution in [2.75, 3.05) is 30.4 Å². The van der Waals surface area contributed by atoms with Crippen LogP contribution in [0.25, 0.3) is 0 Å². The molecular weight excluding hydrogens is 220 g/mol. The van der Waals surface area contributed by atoms with Crippen LogP contribution < -0.4 is 10.6 Å². The summed E-state index contributed by atoms with van der Waals surface area (Å²) in [5.74, 6) is 1.93. The molecule has 0 amide bonds. The summed E-state index contributed by atoms with van der Waals surface area (Å²) in [4.78, 5) is 8.43. The van der Waals surface area contributed by atoms with E-state index < -0.39 is 5.54 Å². The van der Waals surface area contributed by atoms with Gasteiger partial charge < -0.3 is 20.8 Å². The molecule has 0 atom stereocenters. The lowest BCUT2D eigenvalue weighted by Gasteiger charge is -2.27. The fraction of sp³-hybridized carbons (Fsp3) is 0.636. The Bertz CT molecular complexity index is 366. The average molecular weight is 240 g/mol. The lowest BCUT2D eigenvalue weighted by molar-refractivity contribution is 0.147. The molecule has 0 saturated heterocycles. The predicted octanol–water partition coefficient (Wildman–Crippen LogP) is 0.372. The Hall–Kier alpha value is -1.40. The van der Waals surface area contributed by atoms with Crippen molar-refractivity contribution in [3.8, 4) is 0 Å². The Morgan fingerprint density at radius 1 is 1.24 bits per heavy atom. The zero-order chi connectivity index (χ0) is 12.9. The highest BCUT2D eigenvalue weighted by molar-refractivity contribution is 5.48. The fourth-order valence-electron chi connectivity index (χ4n) is 1.34. The topological polar surface area (TPSA) is 90.3 Å². The molecule has 1 rings (SSSR count). The normalized spacial score (nSPS) is 11.4. The van der Waals surface area contributed by atoms with Gasteiger partial charge in [0.15, 0.2) is 0 Å². The van der Waals surface area contributed by atoms with Crippen molar-refractivity contribution in [1.82, 2.24) is 9.97 Å². The van der Waals surface area contributed by atoms with Crippen LogP contribution in [-0.2, 0) is 0 Å². The van der Waals surface area contributed by atoms with Crippen LogP contribution in [0, 0.1) is 6.92 Å². The third-order valence-electron chi connectivity index (χ3n) is 2.32. The van der Waals surface area contributed by atoms with Crippen molar-refractivity contribution in [3.63, 3.8) is 0 Å². The second-order valence-electron chi connectivity index (χ2n) is 4.22. The van der Waals surface area contributed by atoms with E-state index in [1.54, 1.807) is 19.9 Å². The molecule has 96 valence electrons. The molecule has 0 aromatic carbocycles. The minimum atomic E-state index is -0.787. The molecule has 0 radical (unpaired) electrons. The van der Waals surface area contributed by atoms with Gasteiger partial charge in [-0.15, -0.1) is 0 Å². The first kappa shape index (κ1) is 13.7. The number of nitrogens with zero attached hydrogens (tertiary/aromatic N) is 2. The van der Waals surface area contributed by atoms with E-state index in [4.69, 9.17) is 0 Å². The Kier molecular flexibility index (Phi) is 4.65. The summed E-state index contributed by atoms with van der Waals surface area (Å²) in [5, 5.41) is 24.5. The van der Waals surface area contributed by atoms with Gasteiger partial charge in [-0.05, 0) is 20.8 Å². The molecule has 1 heterocycles. The fourth-order valence-corrected chi connectivity index (χ4v) is 1.34. The quantitative estimate of drug-likeness (QED) is 0.574. The number of aliphatic hydroxyl groups is 2. The highest BCUT2D eigenvalue weighted by Gasteiger charge is 2.22. The Morgan fingerprint density at radius 2 is 1.82 bits per heavy atom. The van der Waals surface area contributed by atoms with Gasteiger partial charge >= 0.3 is 0 Å². The number of nitrogens with one attached hydrogen (secondary N) is 2. The van der Waals surface area contributed by atoms with Crippen LogP contribution in [0.3, 0.4) is 0 Å². The lowest BCUT2D eigenvalue weighted by atomic mass is 10.1. The Morgan fingerprint density at radius 3 is 2.35 bits per heavy atom. The van der Waals surface area contributed by atoms with Crippen LogP contribution >= 0.6 is 0 Å². The summed E-state index contributed by atoms with van der Waals surface area (Å²) in [6.07, 6.45) is 0. The summed E-state index contributed by atoms with van der Waals surface area (Å²) in [6, 6.07) is 1.75. The zero-order valence-corrected chi connectivity index (χ0v) is 10.5. The molecule has 0 aliphatic carbocycles. The number of aliphatic hydroxyl groups excluding tert-OH is 2. The van der Waals surface area contributed by atoms with Crippen LogP contribution in [-0.4, -0.2) is 45.5 Å². The SMILES string of the molecule is CCNc1cc(NC(C)(CO)CO)nc(C)n1. The molecule has 0 fully saturated rings. The summed E-state index contributed by atoms with van der Waals surface area (Å²) < 4.78 is 0. The van der Waals surface area contributed by atoms with Crippen molar-refractivity contribution >= 4 is 11.6 Å². The first-order valence-electron chi connectivity index (χ1n) is 5.62. The van der Waals surface area contributed by atoms with Gasteiger partial charge in [-0.2, -0.15) is 0 Å². The Labute approximate surface area is 101 Å². The van der Waals surface area contributed by atoms with Crippen molar-refractivity contribution in [2.24, 2.45) is 0 Å².